The van der Waals surface area contributed by atoms with Gasteiger partial charge >= 0.3 is 6.03 Å². The zero-order valence-electron chi connectivity index (χ0n) is 22.6. The number of carbonyl (C=O) groups excluding carboxylic acids is 1. The lowest BCUT2D eigenvalue weighted by molar-refractivity contribution is -0.137. The fraction of sp³-hybridized carbons (Fsp3) is 0.452. The van der Waals surface area contributed by atoms with Gasteiger partial charge in [0.2, 0.25) is 0 Å². The molecule has 3 heterocycles. The Kier molecular flexibility index (Phi) is 7.18. The molecular weight excluding hydrogens is 509 g/mol. The second kappa shape index (κ2) is 10.8. The minimum atomic E-state index is -1.13. The lowest BCUT2D eigenvalue weighted by Crippen LogP contribution is -2.64. The lowest BCUT2D eigenvalue weighted by Gasteiger charge is -2.53. The highest BCUT2D eigenvalue weighted by Crippen LogP contribution is 2.51. The van der Waals surface area contributed by atoms with E-state index in [4.69, 9.17) is 0 Å². The summed E-state index contributed by atoms with van der Waals surface area (Å²) in [5.74, 6) is -0.349. The highest BCUT2D eigenvalue weighted by molar-refractivity contribution is 5.75. The summed E-state index contributed by atoms with van der Waals surface area (Å²) in [7, 11) is 0. The van der Waals surface area contributed by atoms with Gasteiger partial charge in [0.05, 0.1) is 30.2 Å². The summed E-state index contributed by atoms with van der Waals surface area (Å²) in [5.41, 5.74) is 0.361. The zero-order chi connectivity index (χ0) is 27.7. The molecule has 0 radical (unpaired) electrons. The minimum absolute atomic E-state index is 0.0196. The van der Waals surface area contributed by atoms with Crippen molar-refractivity contribution in [2.24, 2.45) is 5.41 Å². The summed E-state index contributed by atoms with van der Waals surface area (Å²) in [6.45, 7) is 3.13. The van der Waals surface area contributed by atoms with Crippen LogP contribution < -0.4 is 10.9 Å². The van der Waals surface area contributed by atoms with Crippen LogP contribution in [0.2, 0.25) is 0 Å². The Morgan fingerprint density at radius 1 is 1.05 bits per heavy atom. The summed E-state index contributed by atoms with van der Waals surface area (Å²) in [4.78, 5) is 35.4. The van der Waals surface area contributed by atoms with E-state index in [-0.39, 0.29) is 30.0 Å². The molecule has 3 aliphatic rings. The van der Waals surface area contributed by atoms with Crippen LogP contribution in [0.1, 0.15) is 43.7 Å². The molecule has 6 rings (SSSR count). The van der Waals surface area contributed by atoms with Crippen molar-refractivity contribution in [3.05, 3.63) is 88.7 Å². The number of likely N-dealkylation sites (tertiary alicyclic amines) is 1. The van der Waals surface area contributed by atoms with Gasteiger partial charge in [-0.25, -0.2) is 14.2 Å². The van der Waals surface area contributed by atoms with Crippen LogP contribution in [0.4, 0.5) is 9.18 Å². The Bertz CT molecular complexity index is 1410. The quantitative estimate of drug-likeness (QED) is 0.521. The third-order valence-electron chi connectivity index (χ3n) is 9.23. The first kappa shape index (κ1) is 26.7. The van der Waals surface area contributed by atoms with Crippen molar-refractivity contribution in [3.8, 4) is 11.3 Å². The zero-order valence-corrected chi connectivity index (χ0v) is 22.6. The van der Waals surface area contributed by atoms with Gasteiger partial charge in [0, 0.05) is 49.8 Å². The highest BCUT2D eigenvalue weighted by atomic mass is 19.1. The van der Waals surface area contributed by atoms with Gasteiger partial charge in [-0.05, 0) is 49.1 Å². The highest BCUT2D eigenvalue weighted by Gasteiger charge is 2.56. The van der Waals surface area contributed by atoms with E-state index in [0.717, 1.165) is 37.8 Å². The molecule has 40 heavy (non-hydrogen) atoms. The van der Waals surface area contributed by atoms with Crippen molar-refractivity contribution in [3.63, 3.8) is 0 Å². The molecule has 1 saturated carbocycles. The molecule has 210 valence electrons. The fourth-order valence-corrected chi connectivity index (χ4v) is 6.95. The predicted octanol–water partition coefficient (Wildman–Crippen LogP) is 3.81. The van der Waals surface area contributed by atoms with Crippen molar-refractivity contribution in [2.75, 3.05) is 32.7 Å². The number of aliphatic hydroxyl groups is 1. The van der Waals surface area contributed by atoms with Crippen LogP contribution in [0.15, 0.2) is 71.8 Å². The molecular formula is C31H36FN5O3. The van der Waals surface area contributed by atoms with Crippen LogP contribution in [-0.2, 0) is 6.54 Å². The molecule has 2 aromatic carbocycles. The molecule has 2 saturated heterocycles. The van der Waals surface area contributed by atoms with E-state index in [0.29, 0.717) is 43.9 Å². The molecule has 1 aromatic heterocycles. The number of hydrogen-bond acceptors (Lipinski definition) is 5. The largest absolute Gasteiger partial charge is 0.387 e. The maximum Gasteiger partial charge on any atom is 0.320 e. The Balaban J connectivity index is 1.22. The number of rotatable bonds is 4. The molecule has 9 heteroatoms. The first-order chi connectivity index (χ1) is 19.4. The predicted molar refractivity (Wildman–Crippen MR) is 150 cm³/mol. The van der Waals surface area contributed by atoms with Gasteiger partial charge < -0.3 is 20.2 Å². The van der Waals surface area contributed by atoms with Gasteiger partial charge in [-0.2, -0.15) is 0 Å². The number of nitrogens with zero attached hydrogens (tertiary/aromatic N) is 4. The summed E-state index contributed by atoms with van der Waals surface area (Å²) in [5, 5.41) is 15.6. The molecule has 0 unspecified atom stereocenters. The number of amides is 2. The average molecular weight is 546 g/mol. The van der Waals surface area contributed by atoms with Crippen molar-refractivity contribution in [1.82, 2.24) is 24.7 Å². The molecule has 2 aliphatic heterocycles. The first-order valence-corrected chi connectivity index (χ1v) is 14.2. The van der Waals surface area contributed by atoms with E-state index in [1.807, 2.05) is 28.0 Å². The van der Waals surface area contributed by atoms with Crippen LogP contribution in [0, 0.1) is 11.2 Å². The number of benzene rings is 2. The smallest absolute Gasteiger partial charge is 0.320 e. The van der Waals surface area contributed by atoms with E-state index in [1.54, 1.807) is 12.1 Å². The molecule has 2 N–H and O–H groups in total. The molecule has 2 amide bonds. The number of aromatic nitrogens is 2. The van der Waals surface area contributed by atoms with Gasteiger partial charge in [0.25, 0.3) is 5.56 Å². The Labute approximate surface area is 233 Å². The van der Waals surface area contributed by atoms with E-state index in [2.05, 4.69) is 22.4 Å². The maximum absolute atomic E-state index is 13.9. The number of carbonyl (C=O) groups is 1. The minimum Gasteiger partial charge on any atom is -0.387 e. The number of hydrogen-bond donors (Lipinski definition) is 2. The molecule has 3 fully saturated rings. The fourth-order valence-electron chi connectivity index (χ4n) is 6.95. The topological polar surface area (TPSA) is 90.7 Å². The van der Waals surface area contributed by atoms with Crippen LogP contribution in [0.5, 0.6) is 0 Å². The van der Waals surface area contributed by atoms with Crippen LogP contribution in [-0.4, -0.2) is 68.8 Å². The summed E-state index contributed by atoms with van der Waals surface area (Å²) in [6.07, 6.45) is 5.47. The monoisotopic (exact) mass is 545 g/mol. The number of nitrogens with one attached hydrogen (secondary N) is 1. The number of urea groups is 1. The summed E-state index contributed by atoms with van der Waals surface area (Å²) >= 11 is 0. The molecule has 2 atom stereocenters. The number of halogens is 1. The molecule has 1 spiro atoms. The van der Waals surface area contributed by atoms with Crippen LogP contribution in [0.25, 0.3) is 11.3 Å². The number of piperazine rings is 1. The Hall–Kier alpha value is -3.56. The van der Waals surface area contributed by atoms with Gasteiger partial charge in [-0.1, -0.05) is 43.2 Å². The van der Waals surface area contributed by atoms with Crippen molar-refractivity contribution >= 4 is 6.03 Å². The molecule has 0 bridgehead atoms. The van der Waals surface area contributed by atoms with Crippen molar-refractivity contribution in [1.29, 1.82) is 0 Å². The second-order valence-corrected chi connectivity index (χ2v) is 11.5. The standard InChI is InChI=1S/C31H36FN5O3/c32-25-10-8-23(9-11-25)26-18-28(38)36(22-34-26)21-31(40)14-16-35(20-30(31)12-4-5-13-30)29(39)37-17-15-33-19-27(37)24-6-2-1-3-7-24/h1-3,6-11,18,22,27,33,40H,4-5,12-17,19-21H2/t27-,31+/m0/s1. The van der Waals surface area contributed by atoms with Crippen molar-refractivity contribution < 1.29 is 14.3 Å². The SMILES string of the molecule is O=C(N1CC[C@@](O)(Cn2cnc(-c3ccc(F)cc3)cc2=O)C2(CCCC2)C1)N1CCNC[C@H]1c1ccccc1. The van der Waals surface area contributed by atoms with Crippen LogP contribution >= 0.6 is 0 Å². The van der Waals surface area contributed by atoms with E-state index < -0.39 is 11.0 Å². The van der Waals surface area contributed by atoms with Gasteiger partial charge in [0.1, 0.15) is 5.82 Å². The van der Waals surface area contributed by atoms with E-state index in [1.165, 1.54) is 29.1 Å². The lowest BCUT2D eigenvalue weighted by atomic mass is 9.66. The Morgan fingerprint density at radius 2 is 1.80 bits per heavy atom. The molecule has 1 aliphatic carbocycles. The Morgan fingerprint density at radius 3 is 2.52 bits per heavy atom. The normalized spacial score (nSPS) is 24.4. The third-order valence-corrected chi connectivity index (χ3v) is 9.23. The number of piperidine rings is 1. The first-order valence-electron chi connectivity index (χ1n) is 14.2. The third kappa shape index (κ3) is 4.92. The van der Waals surface area contributed by atoms with Crippen LogP contribution in [0.3, 0.4) is 0 Å². The van der Waals surface area contributed by atoms with Gasteiger partial charge in [0.15, 0.2) is 0 Å². The van der Waals surface area contributed by atoms with Gasteiger partial charge in [-0.3, -0.25) is 9.36 Å². The summed E-state index contributed by atoms with van der Waals surface area (Å²) in [6, 6.07) is 17.4. The second-order valence-electron chi connectivity index (χ2n) is 11.5. The maximum atomic E-state index is 13.9. The molecule has 3 aromatic rings. The average Bonchev–Trinajstić information content (AvgIpc) is 3.46. The van der Waals surface area contributed by atoms with Gasteiger partial charge in [-0.15, -0.1) is 0 Å². The van der Waals surface area contributed by atoms with E-state index >= 15 is 0 Å². The van der Waals surface area contributed by atoms with Crippen molar-refractivity contribution in [2.45, 2.75) is 50.3 Å². The summed E-state index contributed by atoms with van der Waals surface area (Å²) < 4.78 is 14.8. The van der Waals surface area contributed by atoms with E-state index in [9.17, 15) is 19.1 Å². The molecule has 8 nitrogen and oxygen atoms in total.